The van der Waals surface area contributed by atoms with Crippen LogP contribution in [0.3, 0.4) is 0 Å². The van der Waals surface area contributed by atoms with Gasteiger partial charge in [-0.05, 0) is 42.0 Å². The molecule has 4 rings (SSSR count). The van der Waals surface area contributed by atoms with E-state index in [1.807, 2.05) is 30.3 Å². The Labute approximate surface area is 180 Å². The van der Waals surface area contributed by atoms with Crippen molar-refractivity contribution in [2.24, 2.45) is 0 Å². The second-order valence-corrected chi connectivity index (χ2v) is 7.31. The van der Waals surface area contributed by atoms with Crippen molar-refractivity contribution in [1.82, 2.24) is 15.1 Å². The second kappa shape index (κ2) is 9.30. The molecule has 7 heteroatoms. The molecule has 0 saturated carbocycles. The van der Waals surface area contributed by atoms with E-state index in [9.17, 15) is 14.4 Å². The summed E-state index contributed by atoms with van der Waals surface area (Å²) in [5.41, 5.74) is 2.11. The molecule has 3 amide bonds. The molecule has 3 aromatic rings. The van der Waals surface area contributed by atoms with Crippen LogP contribution in [0, 0.1) is 0 Å². The Kier molecular flexibility index (Phi) is 6.12. The number of amides is 3. The lowest BCUT2D eigenvalue weighted by molar-refractivity contribution is 0.0518. The standard InChI is InChI=1S/C24H23N3O4/c28-22(19-5-2-1-3-6-19)25-17-18-8-10-20(11-9-18)23(29)26-12-14-27(15-13-26)24(30)21-7-4-16-31-21/h1-11,16H,12-15,17H2,(H,25,28). The Balaban J connectivity index is 1.28. The first-order chi connectivity index (χ1) is 15.1. The number of rotatable bonds is 5. The van der Waals surface area contributed by atoms with Crippen molar-refractivity contribution >= 4 is 17.7 Å². The summed E-state index contributed by atoms with van der Waals surface area (Å²) < 4.78 is 5.17. The molecule has 1 fully saturated rings. The molecule has 0 aliphatic carbocycles. The van der Waals surface area contributed by atoms with Crippen molar-refractivity contribution in [3.8, 4) is 0 Å². The Morgan fingerprint density at radius 2 is 1.39 bits per heavy atom. The molecule has 2 aromatic carbocycles. The lowest BCUT2D eigenvalue weighted by Crippen LogP contribution is -2.50. The Morgan fingerprint density at radius 1 is 0.742 bits per heavy atom. The third kappa shape index (κ3) is 4.83. The minimum atomic E-state index is -0.154. The lowest BCUT2D eigenvalue weighted by atomic mass is 10.1. The molecular formula is C24H23N3O4. The van der Waals surface area contributed by atoms with Gasteiger partial charge in [-0.1, -0.05) is 30.3 Å². The summed E-state index contributed by atoms with van der Waals surface area (Å²) in [6.45, 7) is 2.26. The first kappa shape index (κ1) is 20.4. The third-order valence-electron chi connectivity index (χ3n) is 5.28. The predicted molar refractivity (Wildman–Crippen MR) is 115 cm³/mol. The molecular weight excluding hydrogens is 394 g/mol. The second-order valence-electron chi connectivity index (χ2n) is 7.31. The van der Waals surface area contributed by atoms with Crippen molar-refractivity contribution in [3.63, 3.8) is 0 Å². The van der Waals surface area contributed by atoms with Gasteiger partial charge in [-0.15, -0.1) is 0 Å². The zero-order valence-corrected chi connectivity index (χ0v) is 17.0. The zero-order chi connectivity index (χ0) is 21.6. The fraction of sp³-hybridized carbons (Fsp3) is 0.208. The predicted octanol–water partition coefficient (Wildman–Crippen LogP) is 2.81. The van der Waals surface area contributed by atoms with E-state index in [-0.39, 0.29) is 17.7 Å². The van der Waals surface area contributed by atoms with Crippen LogP contribution in [0.15, 0.2) is 77.4 Å². The van der Waals surface area contributed by atoms with Crippen molar-refractivity contribution in [1.29, 1.82) is 0 Å². The molecule has 0 radical (unpaired) electrons. The van der Waals surface area contributed by atoms with Crippen LogP contribution in [0.4, 0.5) is 0 Å². The van der Waals surface area contributed by atoms with Gasteiger partial charge in [-0.2, -0.15) is 0 Å². The highest BCUT2D eigenvalue weighted by molar-refractivity contribution is 5.95. The minimum Gasteiger partial charge on any atom is -0.459 e. The number of nitrogens with one attached hydrogen (secondary N) is 1. The average molecular weight is 417 g/mol. The molecule has 0 unspecified atom stereocenters. The van der Waals surface area contributed by atoms with Crippen molar-refractivity contribution < 1.29 is 18.8 Å². The molecule has 1 aliphatic rings. The number of nitrogens with zero attached hydrogens (tertiary/aromatic N) is 2. The Hall–Kier alpha value is -3.87. The quantitative estimate of drug-likeness (QED) is 0.692. The van der Waals surface area contributed by atoms with Gasteiger partial charge in [0.05, 0.1) is 6.26 Å². The maximum Gasteiger partial charge on any atom is 0.289 e. The number of furan rings is 1. The third-order valence-corrected chi connectivity index (χ3v) is 5.28. The number of hydrogen-bond acceptors (Lipinski definition) is 4. The Bertz CT molecular complexity index is 1040. The van der Waals surface area contributed by atoms with Crippen molar-refractivity contribution in [2.75, 3.05) is 26.2 Å². The molecule has 1 aromatic heterocycles. The van der Waals surface area contributed by atoms with Crippen molar-refractivity contribution in [2.45, 2.75) is 6.54 Å². The van der Waals surface area contributed by atoms with E-state index in [1.165, 1.54) is 6.26 Å². The van der Waals surface area contributed by atoms with Gasteiger partial charge in [0.1, 0.15) is 0 Å². The monoisotopic (exact) mass is 417 g/mol. The molecule has 0 bridgehead atoms. The van der Waals surface area contributed by atoms with Gasteiger partial charge in [-0.25, -0.2) is 0 Å². The summed E-state index contributed by atoms with van der Waals surface area (Å²) in [7, 11) is 0. The normalized spacial score (nSPS) is 13.7. The summed E-state index contributed by atoms with van der Waals surface area (Å²) in [4.78, 5) is 40.7. The molecule has 0 spiro atoms. The highest BCUT2D eigenvalue weighted by Crippen LogP contribution is 2.13. The van der Waals surface area contributed by atoms with Gasteiger partial charge in [0.25, 0.3) is 17.7 Å². The Morgan fingerprint density at radius 3 is 2.00 bits per heavy atom. The van der Waals surface area contributed by atoms with Gasteiger partial charge < -0.3 is 19.5 Å². The van der Waals surface area contributed by atoms with Crippen LogP contribution < -0.4 is 5.32 Å². The van der Waals surface area contributed by atoms with Crippen LogP contribution in [0.2, 0.25) is 0 Å². The largest absolute Gasteiger partial charge is 0.459 e. The SMILES string of the molecule is O=C(NCc1ccc(C(=O)N2CCN(C(=O)c3ccco3)CC2)cc1)c1ccccc1. The molecule has 7 nitrogen and oxygen atoms in total. The lowest BCUT2D eigenvalue weighted by Gasteiger charge is -2.34. The van der Waals surface area contributed by atoms with Crippen LogP contribution in [-0.4, -0.2) is 53.7 Å². The minimum absolute atomic E-state index is 0.0648. The number of hydrogen-bond donors (Lipinski definition) is 1. The molecule has 1 saturated heterocycles. The summed E-state index contributed by atoms with van der Waals surface area (Å²) in [5, 5.41) is 2.87. The zero-order valence-electron chi connectivity index (χ0n) is 17.0. The highest BCUT2D eigenvalue weighted by Gasteiger charge is 2.26. The number of carbonyl (C=O) groups excluding carboxylic acids is 3. The van der Waals surface area contributed by atoms with Gasteiger partial charge in [0.2, 0.25) is 0 Å². The molecule has 31 heavy (non-hydrogen) atoms. The highest BCUT2D eigenvalue weighted by atomic mass is 16.3. The van der Waals surface area contributed by atoms with Crippen LogP contribution in [-0.2, 0) is 6.54 Å². The van der Waals surface area contributed by atoms with Gasteiger partial charge in [0, 0.05) is 43.9 Å². The van der Waals surface area contributed by atoms with E-state index in [1.54, 1.807) is 46.2 Å². The van der Waals surface area contributed by atoms with Crippen LogP contribution in [0.5, 0.6) is 0 Å². The first-order valence-corrected chi connectivity index (χ1v) is 10.2. The summed E-state index contributed by atoms with van der Waals surface area (Å²) in [6.07, 6.45) is 1.48. The molecule has 158 valence electrons. The topological polar surface area (TPSA) is 82.9 Å². The summed E-state index contributed by atoms with van der Waals surface area (Å²) in [5.74, 6) is -0.0404. The van der Waals surface area contributed by atoms with E-state index in [4.69, 9.17) is 4.42 Å². The van der Waals surface area contributed by atoms with E-state index < -0.39 is 0 Å². The number of piperazine rings is 1. The van der Waals surface area contributed by atoms with E-state index in [0.29, 0.717) is 49.6 Å². The van der Waals surface area contributed by atoms with Crippen LogP contribution in [0.25, 0.3) is 0 Å². The van der Waals surface area contributed by atoms with E-state index in [0.717, 1.165) is 5.56 Å². The summed E-state index contributed by atoms with van der Waals surface area (Å²) in [6, 6.07) is 19.6. The first-order valence-electron chi connectivity index (χ1n) is 10.2. The van der Waals surface area contributed by atoms with Gasteiger partial charge in [0.15, 0.2) is 5.76 Å². The van der Waals surface area contributed by atoms with E-state index in [2.05, 4.69) is 5.32 Å². The number of carbonyl (C=O) groups is 3. The van der Waals surface area contributed by atoms with Gasteiger partial charge >= 0.3 is 0 Å². The maximum atomic E-state index is 12.8. The number of benzene rings is 2. The molecule has 1 N–H and O–H groups in total. The van der Waals surface area contributed by atoms with Gasteiger partial charge in [-0.3, -0.25) is 14.4 Å². The molecule has 1 aliphatic heterocycles. The maximum absolute atomic E-state index is 12.8. The van der Waals surface area contributed by atoms with Crippen LogP contribution in [0.1, 0.15) is 36.8 Å². The fourth-order valence-corrected chi connectivity index (χ4v) is 3.49. The van der Waals surface area contributed by atoms with E-state index >= 15 is 0 Å². The fourth-order valence-electron chi connectivity index (χ4n) is 3.49. The van der Waals surface area contributed by atoms with Crippen molar-refractivity contribution in [3.05, 3.63) is 95.4 Å². The smallest absolute Gasteiger partial charge is 0.289 e. The van der Waals surface area contributed by atoms with Crippen LogP contribution >= 0.6 is 0 Å². The molecule has 0 atom stereocenters. The molecule has 2 heterocycles. The summed E-state index contributed by atoms with van der Waals surface area (Å²) >= 11 is 0. The average Bonchev–Trinajstić information content (AvgIpc) is 3.38.